The van der Waals surface area contributed by atoms with Crippen molar-refractivity contribution >= 4 is 47.1 Å². The van der Waals surface area contributed by atoms with Gasteiger partial charge in [-0.15, -0.1) is 0 Å². The topological polar surface area (TPSA) is 110 Å². The molecule has 1 aliphatic heterocycles. The quantitative estimate of drug-likeness (QED) is 0.462. The summed E-state index contributed by atoms with van der Waals surface area (Å²) in [5, 5.41) is 9.38. The second-order valence-corrected chi connectivity index (χ2v) is 7.44. The van der Waals surface area contributed by atoms with E-state index >= 15 is 0 Å². The summed E-state index contributed by atoms with van der Waals surface area (Å²) >= 11 is 0.712. The molecule has 2 rings (SSSR count). The summed E-state index contributed by atoms with van der Waals surface area (Å²) in [6.07, 6.45) is 0.787. The average Bonchev–Trinajstić information content (AvgIpc) is 2.81. The van der Waals surface area contributed by atoms with E-state index in [0.717, 1.165) is 11.1 Å². The van der Waals surface area contributed by atoms with Crippen LogP contribution in [0.25, 0.3) is 0 Å². The molecule has 8 nitrogen and oxygen atoms in total. The van der Waals surface area contributed by atoms with Gasteiger partial charge in [-0.05, 0) is 11.3 Å². The van der Waals surface area contributed by atoms with Crippen molar-refractivity contribution < 1.29 is 18.1 Å². The number of anilines is 1. The third kappa shape index (κ3) is 2.44. The van der Waals surface area contributed by atoms with Crippen molar-refractivity contribution in [1.29, 1.82) is 0 Å². The normalized spacial score (nSPS) is 20.4. The van der Waals surface area contributed by atoms with Crippen LogP contribution in [0.5, 0.6) is 0 Å². The molecule has 0 bridgehead atoms. The van der Waals surface area contributed by atoms with Crippen LogP contribution >= 0.6 is 22.0 Å². The van der Waals surface area contributed by atoms with Crippen LogP contribution in [0.1, 0.15) is 6.42 Å². The lowest BCUT2D eigenvalue weighted by molar-refractivity contribution is -0.380. The van der Waals surface area contributed by atoms with Crippen molar-refractivity contribution in [1.82, 2.24) is 4.98 Å². The Bertz CT molecular complexity index is 612. The molecule has 1 aromatic rings. The van der Waals surface area contributed by atoms with E-state index < -0.39 is 25.1 Å². The number of carbonyl (C=O) groups excluding carboxylic acids is 1. The van der Waals surface area contributed by atoms with E-state index in [1.807, 2.05) is 0 Å². The SMILES string of the molecule is O=C1CC(S(=O)(=O)Cl)CN1c1ncc([N+](=O)[O-])s1. The van der Waals surface area contributed by atoms with Gasteiger partial charge in [0.1, 0.15) is 11.4 Å². The number of nitrogens with zero attached hydrogens (tertiary/aromatic N) is 3. The fourth-order valence-electron chi connectivity index (χ4n) is 1.51. The summed E-state index contributed by atoms with van der Waals surface area (Å²) in [6.45, 7) is -0.130. The van der Waals surface area contributed by atoms with Gasteiger partial charge in [-0.1, -0.05) is 0 Å². The van der Waals surface area contributed by atoms with Crippen LogP contribution in [0, 0.1) is 10.1 Å². The van der Waals surface area contributed by atoms with Gasteiger partial charge in [0, 0.05) is 23.6 Å². The van der Waals surface area contributed by atoms with E-state index in [1.54, 1.807) is 0 Å². The largest absolute Gasteiger partial charge is 0.345 e. The molecule has 1 aliphatic rings. The molecule has 18 heavy (non-hydrogen) atoms. The van der Waals surface area contributed by atoms with Gasteiger partial charge in [-0.2, -0.15) is 0 Å². The van der Waals surface area contributed by atoms with Crippen LogP contribution in [-0.4, -0.2) is 36.0 Å². The molecule has 0 aliphatic carbocycles. The number of hydrogen-bond donors (Lipinski definition) is 0. The number of thiazole rings is 1. The summed E-state index contributed by atoms with van der Waals surface area (Å²) in [5.74, 6) is -0.464. The molecule has 1 saturated heterocycles. The van der Waals surface area contributed by atoms with Crippen LogP contribution in [0.2, 0.25) is 0 Å². The summed E-state index contributed by atoms with van der Waals surface area (Å²) in [4.78, 5) is 26.3. The molecule has 1 aromatic heterocycles. The maximum atomic E-state index is 11.6. The van der Waals surface area contributed by atoms with Gasteiger partial charge in [0.25, 0.3) is 0 Å². The van der Waals surface area contributed by atoms with Crippen molar-refractivity contribution in [2.24, 2.45) is 0 Å². The molecule has 0 aromatic carbocycles. The Hall–Kier alpha value is -1.26. The van der Waals surface area contributed by atoms with Crippen molar-refractivity contribution in [3.63, 3.8) is 0 Å². The number of halogens is 1. The van der Waals surface area contributed by atoms with Crippen LogP contribution in [0.3, 0.4) is 0 Å². The van der Waals surface area contributed by atoms with Gasteiger partial charge in [0.2, 0.25) is 15.0 Å². The van der Waals surface area contributed by atoms with Gasteiger partial charge >= 0.3 is 5.00 Å². The molecule has 0 radical (unpaired) electrons. The lowest BCUT2D eigenvalue weighted by Gasteiger charge is -2.10. The maximum Gasteiger partial charge on any atom is 0.345 e. The molecule has 0 saturated carbocycles. The first-order chi connectivity index (χ1) is 8.29. The number of carbonyl (C=O) groups is 1. The highest BCUT2D eigenvalue weighted by molar-refractivity contribution is 8.14. The van der Waals surface area contributed by atoms with E-state index in [2.05, 4.69) is 4.98 Å². The van der Waals surface area contributed by atoms with Gasteiger partial charge in [0.05, 0.1) is 4.92 Å². The fourth-order valence-corrected chi connectivity index (χ4v) is 3.30. The van der Waals surface area contributed by atoms with Crippen molar-refractivity contribution in [3.05, 3.63) is 16.3 Å². The van der Waals surface area contributed by atoms with Crippen molar-refractivity contribution in [2.45, 2.75) is 11.7 Å². The number of hydrogen-bond acceptors (Lipinski definition) is 7. The Morgan fingerprint density at radius 3 is 2.72 bits per heavy atom. The molecular weight excluding hydrogens is 306 g/mol. The fraction of sp³-hybridized carbons (Fsp3) is 0.429. The first-order valence-corrected chi connectivity index (χ1v) is 7.82. The summed E-state index contributed by atoms with van der Waals surface area (Å²) in [6, 6.07) is 0. The van der Waals surface area contributed by atoms with E-state index in [9.17, 15) is 23.3 Å². The predicted molar refractivity (Wildman–Crippen MR) is 64.3 cm³/mol. The Kier molecular flexibility index (Phi) is 3.25. The minimum Gasteiger partial charge on any atom is -0.287 e. The van der Waals surface area contributed by atoms with Crippen molar-refractivity contribution in [2.75, 3.05) is 11.4 Å². The summed E-state index contributed by atoms with van der Waals surface area (Å²) < 4.78 is 22.3. The molecule has 11 heteroatoms. The highest BCUT2D eigenvalue weighted by Crippen LogP contribution is 2.32. The molecule has 0 N–H and O–H groups in total. The molecule has 98 valence electrons. The first-order valence-electron chi connectivity index (χ1n) is 4.63. The number of nitro groups is 1. The first kappa shape index (κ1) is 13.2. The van der Waals surface area contributed by atoms with Crippen LogP contribution in [-0.2, 0) is 13.8 Å². The van der Waals surface area contributed by atoms with Crippen LogP contribution in [0.4, 0.5) is 10.1 Å². The van der Waals surface area contributed by atoms with E-state index in [-0.39, 0.29) is 23.1 Å². The molecule has 1 unspecified atom stereocenters. The van der Waals surface area contributed by atoms with Gasteiger partial charge in [-0.3, -0.25) is 19.8 Å². The highest BCUT2D eigenvalue weighted by atomic mass is 35.7. The van der Waals surface area contributed by atoms with E-state index in [1.165, 1.54) is 0 Å². The average molecular weight is 312 g/mol. The second kappa shape index (κ2) is 4.44. The van der Waals surface area contributed by atoms with E-state index in [4.69, 9.17) is 10.7 Å². The Morgan fingerprint density at radius 2 is 2.28 bits per heavy atom. The number of rotatable bonds is 3. The van der Waals surface area contributed by atoms with Gasteiger partial charge in [0.15, 0.2) is 5.13 Å². The third-order valence-electron chi connectivity index (χ3n) is 2.38. The Morgan fingerprint density at radius 1 is 1.61 bits per heavy atom. The highest BCUT2D eigenvalue weighted by Gasteiger charge is 2.39. The Labute approximate surface area is 110 Å². The minimum absolute atomic E-state index is 0.106. The second-order valence-electron chi connectivity index (χ2n) is 3.54. The zero-order chi connectivity index (χ0) is 13.5. The molecule has 2 heterocycles. The van der Waals surface area contributed by atoms with Crippen LogP contribution in [0.15, 0.2) is 6.20 Å². The molecule has 1 fully saturated rings. The zero-order valence-corrected chi connectivity index (χ0v) is 11.0. The molecule has 1 amide bonds. The zero-order valence-electron chi connectivity index (χ0n) is 8.65. The predicted octanol–water partition coefficient (Wildman–Crippen LogP) is 0.725. The standard InChI is InChI=1S/C7H6ClN3O5S2/c8-18(15,16)4-1-5(12)10(3-4)7-9-2-6(17-7)11(13)14/h2,4H,1,3H2. The molecule has 1 atom stereocenters. The summed E-state index contributed by atoms with van der Waals surface area (Å²) in [7, 11) is 1.35. The summed E-state index contributed by atoms with van der Waals surface area (Å²) in [5.41, 5.74) is 0. The number of amides is 1. The number of aromatic nitrogens is 1. The minimum atomic E-state index is -3.83. The Balaban J connectivity index is 2.24. The monoisotopic (exact) mass is 311 g/mol. The van der Waals surface area contributed by atoms with E-state index in [0.29, 0.717) is 11.3 Å². The lowest BCUT2D eigenvalue weighted by Crippen LogP contribution is -2.26. The smallest absolute Gasteiger partial charge is 0.287 e. The lowest BCUT2D eigenvalue weighted by atomic mass is 10.4. The van der Waals surface area contributed by atoms with Crippen molar-refractivity contribution in [3.8, 4) is 0 Å². The maximum absolute atomic E-state index is 11.6. The molecular formula is C7H6ClN3O5S2. The third-order valence-corrected chi connectivity index (χ3v) is 5.22. The van der Waals surface area contributed by atoms with Gasteiger partial charge < -0.3 is 0 Å². The van der Waals surface area contributed by atoms with Gasteiger partial charge in [-0.25, -0.2) is 13.4 Å². The van der Waals surface area contributed by atoms with Crippen LogP contribution < -0.4 is 4.90 Å². The molecule has 0 spiro atoms.